The maximum absolute atomic E-state index is 13.6. The Morgan fingerprint density at radius 1 is 1.23 bits per heavy atom. The van der Waals surface area contributed by atoms with Gasteiger partial charge in [-0.3, -0.25) is 4.79 Å². The van der Waals surface area contributed by atoms with E-state index in [2.05, 4.69) is 6.58 Å². The van der Waals surface area contributed by atoms with Crippen molar-refractivity contribution in [3.63, 3.8) is 0 Å². The second kappa shape index (κ2) is 9.22. The van der Waals surface area contributed by atoms with Crippen molar-refractivity contribution < 1.29 is 23.1 Å². The summed E-state index contributed by atoms with van der Waals surface area (Å²) in [4.78, 5) is 27.1. The van der Waals surface area contributed by atoms with Crippen molar-refractivity contribution in [3.8, 4) is 0 Å². The largest absolute Gasteiger partial charge is 0.458 e. The normalized spacial score (nSPS) is 16.6. The molecule has 0 bridgehead atoms. The van der Waals surface area contributed by atoms with Crippen molar-refractivity contribution in [3.05, 3.63) is 94.2 Å². The van der Waals surface area contributed by atoms with Crippen molar-refractivity contribution in [1.82, 2.24) is 4.90 Å². The van der Waals surface area contributed by atoms with Crippen molar-refractivity contribution >= 4 is 23.5 Å². The molecule has 7 heteroatoms. The molecule has 0 radical (unpaired) electrons. The van der Waals surface area contributed by atoms with Crippen LogP contribution in [-0.2, 0) is 20.9 Å². The van der Waals surface area contributed by atoms with Gasteiger partial charge in [0.15, 0.2) is 11.6 Å². The number of halogens is 3. The van der Waals surface area contributed by atoms with E-state index in [9.17, 15) is 18.4 Å². The number of allylic oxidation sites excluding steroid dienone is 1. The lowest BCUT2D eigenvalue weighted by atomic mass is 9.83. The predicted molar refractivity (Wildman–Crippen MR) is 110 cm³/mol. The maximum Gasteiger partial charge on any atom is 0.336 e. The lowest BCUT2D eigenvalue weighted by molar-refractivity contribution is -0.139. The van der Waals surface area contributed by atoms with Gasteiger partial charge in [-0.25, -0.2) is 13.6 Å². The van der Waals surface area contributed by atoms with Crippen LogP contribution in [0.5, 0.6) is 0 Å². The van der Waals surface area contributed by atoms with Crippen LogP contribution in [0.2, 0.25) is 5.02 Å². The summed E-state index contributed by atoms with van der Waals surface area (Å²) in [6.07, 6.45) is 1.49. The van der Waals surface area contributed by atoms with Crippen LogP contribution in [0.1, 0.15) is 30.4 Å². The smallest absolute Gasteiger partial charge is 0.336 e. The number of rotatable bonds is 6. The Morgan fingerprint density at radius 2 is 1.93 bits per heavy atom. The zero-order valence-electron chi connectivity index (χ0n) is 16.3. The number of nitrogens with zero attached hydrogens (tertiary/aromatic N) is 1. The summed E-state index contributed by atoms with van der Waals surface area (Å²) in [5, 5.41) is 0.539. The van der Waals surface area contributed by atoms with Crippen LogP contribution in [0.25, 0.3) is 0 Å². The highest BCUT2D eigenvalue weighted by atomic mass is 35.5. The number of hydrogen-bond acceptors (Lipinski definition) is 3. The van der Waals surface area contributed by atoms with E-state index < -0.39 is 23.5 Å². The van der Waals surface area contributed by atoms with Crippen LogP contribution in [0.4, 0.5) is 8.78 Å². The molecule has 0 saturated carbocycles. The number of benzene rings is 2. The first-order valence-corrected chi connectivity index (χ1v) is 9.68. The van der Waals surface area contributed by atoms with E-state index in [1.54, 1.807) is 31.2 Å². The van der Waals surface area contributed by atoms with Crippen LogP contribution >= 0.6 is 11.6 Å². The Hall–Kier alpha value is -2.99. The second-order valence-electron chi connectivity index (χ2n) is 6.92. The van der Waals surface area contributed by atoms with E-state index in [-0.39, 0.29) is 25.5 Å². The molecule has 1 atom stereocenters. The average Bonchev–Trinajstić information content (AvgIpc) is 2.72. The quantitative estimate of drug-likeness (QED) is 0.470. The highest BCUT2D eigenvalue weighted by Crippen LogP contribution is 2.38. The highest BCUT2D eigenvalue weighted by molar-refractivity contribution is 6.30. The summed E-state index contributed by atoms with van der Waals surface area (Å²) >= 11 is 5.97. The lowest BCUT2D eigenvalue weighted by Gasteiger charge is -2.34. The standard InChI is InChI=1S/C23H20ClF2NO3/c1-3-10-30-23(29)22-14(2)27(13-15-4-9-19(25)20(26)11-15)21(28)12-18(22)16-5-7-17(24)8-6-16/h3-9,11,18H,1,10,12-13H2,2H3. The van der Waals surface area contributed by atoms with E-state index >= 15 is 0 Å². The van der Waals surface area contributed by atoms with Crippen LogP contribution in [0.15, 0.2) is 66.4 Å². The predicted octanol–water partition coefficient (Wildman–Crippen LogP) is 5.14. The molecule has 3 rings (SSSR count). The molecule has 2 aromatic rings. The fourth-order valence-electron chi connectivity index (χ4n) is 3.48. The van der Waals surface area contributed by atoms with Crippen molar-refractivity contribution in [2.45, 2.75) is 25.8 Å². The second-order valence-corrected chi connectivity index (χ2v) is 7.36. The van der Waals surface area contributed by atoms with E-state index in [1.165, 1.54) is 17.0 Å². The molecule has 1 aliphatic heterocycles. The molecule has 156 valence electrons. The third-order valence-corrected chi connectivity index (χ3v) is 5.22. The van der Waals surface area contributed by atoms with Crippen LogP contribution in [0.3, 0.4) is 0 Å². The minimum atomic E-state index is -0.997. The molecule has 30 heavy (non-hydrogen) atoms. The summed E-state index contributed by atoms with van der Waals surface area (Å²) in [6.45, 7) is 5.22. The summed E-state index contributed by atoms with van der Waals surface area (Å²) < 4.78 is 32.1. The van der Waals surface area contributed by atoms with Gasteiger partial charge >= 0.3 is 5.97 Å². The SMILES string of the molecule is C=CCOC(=O)C1=C(C)N(Cc2ccc(F)c(F)c2)C(=O)CC1c1ccc(Cl)cc1. The topological polar surface area (TPSA) is 46.6 Å². The summed E-state index contributed by atoms with van der Waals surface area (Å²) in [6, 6.07) is 10.4. The van der Waals surface area contributed by atoms with Crippen LogP contribution in [-0.4, -0.2) is 23.4 Å². The minimum Gasteiger partial charge on any atom is -0.458 e. The van der Waals surface area contributed by atoms with Gasteiger partial charge < -0.3 is 9.64 Å². The molecule has 4 nitrogen and oxygen atoms in total. The van der Waals surface area contributed by atoms with Gasteiger partial charge in [-0.2, -0.15) is 0 Å². The molecule has 0 fully saturated rings. The number of amides is 1. The first kappa shape index (κ1) is 21.7. The molecule has 0 aromatic heterocycles. The van der Waals surface area contributed by atoms with Crippen molar-refractivity contribution in [1.29, 1.82) is 0 Å². The lowest BCUT2D eigenvalue weighted by Crippen LogP contribution is -2.38. The maximum atomic E-state index is 13.6. The van der Waals surface area contributed by atoms with E-state index in [4.69, 9.17) is 16.3 Å². The first-order chi connectivity index (χ1) is 14.3. The van der Waals surface area contributed by atoms with E-state index in [0.29, 0.717) is 21.9 Å². The number of hydrogen-bond donors (Lipinski definition) is 0. The number of esters is 1. The first-order valence-electron chi connectivity index (χ1n) is 9.30. The average molecular weight is 432 g/mol. The van der Waals surface area contributed by atoms with Gasteiger partial charge in [0.1, 0.15) is 6.61 Å². The summed E-state index contributed by atoms with van der Waals surface area (Å²) in [5.41, 5.74) is 1.90. The van der Waals surface area contributed by atoms with Crippen molar-refractivity contribution in [2.75, 3.05) is 6.61 Å². The van der Waals surface area contributed by atoms with Gasteiger partial charge in [-0.15, -0.1) is 0 Å². The molecule has 1 heterocycles. The third kappa shape index (κ3) is 4.60. The molecule has 1 amide bonds. The Labute approximate surface area is 178 Å². The molecule has 1 unspecified atom stereocenters. The van der Waals surface area contributed by atoms with Gasteiger partial charge in [0, 0.05) is 23.1 Å². The zero-order chi connectivity index (χ0) is 21.8. The highest BCUT2D eigenvalue weighted by Gasteiger charge is 2.37. The fraction of sp³-hybridized carbons (Fsp3) is 0.217. The number of carbonyl (C=O) groups excluding carboxylic acids is 2. The van der Waals surface area contributed by atoms with Gasteiger partial charge in [-0.1, -0.05) is 42.5 Å². The molecular formula is C23H20ClF2NO3. The Morgan fingerprint density at radius 3 is 2.57 bits per heavy atom. The van der Waals surface area contributed by atoms with Gasteiger partial charge in [0.25, 0.3) is 0 Å². The van der Waals surface area contributed by atoms with E-state index in [1.807, 2.05) is 0 Å². The minimum absolute atomic E-state index is 0.00738. The fourth-order valence-corrected chi connectivity index (χ4v) is 3.61. The third-order valence-electron chi connectivity index (χ3n) is 4.97. The van der Waals surface area contributed by atoms with Gasteiger partial charge in [-0.05, 0) is 42.3 Å². The van der Waals surface area contributed by atoms with Gasteiger partial charge in [0.05, 0.1) is 12.1 Å². The van der Waals surface area contributed by atoms with E-state index in [0.717, 1.165) is 17.7 Å². The molecule has 1 aliphatic rings. The zero-order valence-corrected chi connectivity index (χ0v) is 17.1. The molecule has 0 spiro atoms. The molecule has 0 aliphatic carbocycles. The Balaban J connectivity index is 2.01. The molecule has 0 N–H and O–H groups in total. The Kier molecular flexibility index (Phi) is 6.67. The van der Waals surface area contributed by atoms with Crippen LogP contribution < -0.4 is 0 Å². The summed E-state index contributed by atoms with van der Waals surface area (Å²) in [5.74, 6) is -3.27. The number of carbonyl (C=O) groups is 2. The monoisotopic (exact) mass is 431 g/mol. The van der Waals surface area contributed by atoms with Crippen molar-refractivity contribution in [2.24, 2.45) is 0 Å². The number of ether oxygens (including phenoxy) is 1. The summed E-state index contributed by atoms with van der Waals surface area (Å²) in [7, 11) is 0. The van der Waals surface area contributed by atoms with Gasteiger partial charge in [0.2, 0.25) is 5.91 Å². The molecule has 0 saturated heterocycles. The molecule has 2 aromatic carbocycles. The molecular weight excluding hydrogens is 412 g/mol. The van der Waals surface area contributed by atoms with Crippen LogP contribution in [0, 0.1) is 11.6 Å². The Bertz CT molecular complexity index is 1020.